The molecule has 1 amide bonds. The van der Waals surface area contributed by atoms with Gasteiger partial charge in [0.15, 0.2) is 0 Å². The predicted molar refractivity (Wildman–Crippen MR) is 77.8 cm³/mol. The van der Waals surface area contributed by atoms with Gasteiger partial charge in [-0.3, -0.25) is 4.79 Å². The molecule has 7 heteroatoms. The Morgan fingerprint density at radius 3 is 2.29 bits per heavy atom. The molecule has 0 aliphatic rings. The Bertz CT molecular complexity index is 734. The van der Waals surface area contributed by atoms with Crippen molar-refractivity contribution in [1.29, 1.82) is 0 Å². The molecule has 0 spiro atoms. The smallest absolute Gasteiger partial charge is 0.337 e. The summed E-state index contributed by atoms with van der Waals surface area (Å²) >= 11 is 11.4. The van der Waals surface area contributed by atoms with Gasteiger partial charge in [0.05, 0.1) is 16.1 Å². The highest BCUT2D eigenvalue weighted by atomic mass is 35.5. The van der Waals surface area contributed by atoms with Gasteiger partial charge in [0.1, 0.15) is 5.82 Å². The van der Waals surface area contributed by atoms with E-state index in [1.807, 2.05) is 0 Å². The van der Waals surface area contributed by atoms with Crippen molar-refractivity contribution in [3.63, 3.8) is 0 Å². The van der Waals surface area contributed by atoms with Gasteiger partial charge in [-0.25, -0.2) is 9.18 Å². The molecule has 0 fully saturated rings. The second-order valence-corrected chi connectivity index (χ2v) is 4.92. The van der Waals surface area contributed by atoms with Gasteiger partial charge in [0, 0.05) is 10.7 Å². The predicted octanol–water partition coefficient (Wildman–Crippen LogP) is 4.08. The van der Waals surface area contributed by atoms with Gasteiger partial charge in [-0.1, -0.05) is 23.2 Å². The van der Waals surface area contributed by atoms with Crippen LogP contribution in [-0.4, -0.2) is 17.0 Å². The summed E-state index contributed by atoms with van der Waals surface area (Å²) in [7, 11) is 0. The highest BCUT2D eigenvalue weighted by Gasteiger charge is 2.14. The zero-order valence-corrected chi connectivity index (χ0v) is 11.9. The molecule has 0 saturated carbocycles. The highest BCUT2D eigenvalue weighted by molar-refractivity contribution is 6.34. The quantitative estimate of drug-likeness (QED) is 0.892. The third kappa shape index (κ3) is 3.51. The summed E-state index contributed by atoms with van der Waals surface area (Å²) in [6.07, 6.45) is 0. The fourth-order valence-corrected chi connectivity index (χ4v) is 2.06. The summed E-state index contributed by atoms with van der Waals surface area (Å²) < 4.78 is 13.6. The van der Waals surface area contributed by atoms with Crippen LogP contribution in [0.15, 0.2) is 36.4 Å². The number of carboxylic acids is 1. The van der Waals surface area contributed by atoms with Crippen molar-refractivity contribution in [3.8, 4) is 0 Å². The van der Waals surface area contributed by atoms with Crippen molar-refractivity contribution in [2.45, 2.75) is 0 Å². The number of aromatic carboxylic acids is 1. The lowest BCUT2D eigenvalue weighted by Crippen LogP contribution is -2.14. The van der Waals surface area contributed by atoms with Crippen LogP contribution in [0.25, 0.3) is 0 Å². The molecule has 2 N–H and O–H groups in total. The maximum atomic E-state index is 13.6. The highest BCUT2D eigenvalue weighted by Crippen LogP contribution is 2.22. The number of halogens is 3. The number of carbonyl (C=O) groups is 2. The first kappa shape index (κ1) is 15.3. The van der Waals surface area contributed by atoms with Crippen LogP contribution >= 0.6 is 23.2 Å². The summed E-state index contributed by atoms with van der Waals surface area (Å²) in [6, 6.07) is 7.55. The normalized spacial score (nSPS) is 10.2. The van der Waals surface area contributed by atoms with Crippen molar-refractivity contribution < 1.29 is 19.1 Å². The molecule has 0 bridgehead atoms. The number of benzene rings is 2. The van der Waals surface area contributed by atoms with E-state index < -0.39 is 17.7 Å². The second-order valence-electron chi connectivity index (χ2n) is 4.08. The van der Waals surface area contributed by atoms with E-state index >= 15 is 0 Å². The number of hydrogen-bond acceptors (Lipinski definition) is 2. The molecule has 0 heterocycles. The zero-order chi connectivity index (χ0) is 15.6. The fraction of sp³-hybridized carbons (Fsp3) is 0. The lowest BCUT2D eigenvalue weighted by atomic mass is 10.1. The van der Waals surface area contributed by atoms with E-state index in [-0.39, 0.29) is 26.9 Å². The van der Waals surface area contributed by atoms with Crippen LogP contribution in [-0.2, 0) is 0 Å². The van der Waals surface area contributed by atoms with Crippen molar-refractivity contribution >= 4 is 40.8 Å². The average molecular weight is 328 g/mol. The van der Waals surface area contributed by atoms with Crippen LogP contribution in [0.5, 0.6) is 0 Å². The largest absolute Gasteiger partial charge is 0.478 e. The summed E-state index contributed by atoms with van der Waals surface area (Å²) in [6.45, 7) is 0. The topological polar surface area (TPSA) is 66.4 Å². The van der Waals surface area contributed by atoms with Gasteiger partial charge in [0.25, 0.3) is 5.91 Å². The Labute approximate surface area is 129 Å². The Hall–Kier alpha value is -2.11. The average Bonchev–Trinajstić information content (AvgIpc) is 2.37. The van der Waals surface area contributed by atoms with Gasteiger partial charge in [0.2, 0.25) is 0 Å². The van der Waals surface area contributed by atoms with E-state index in [4.69, 9.17) is 28.3 Å². The standard InChI is InChI=1S/C14H8Cl2FNO3/c15-7-1-3-10(12(17)5-7)13(19)18-8-2-4-9(14(20)21)11(16)6-8/h1-6H,(H,18,19)(H,20,21). The molecular formula is C14H8Cl2FNO3. The molecule has 0 saturated heterocycles. The molecule has 0 radical (unpaired) electrons. The third-order valence-corrected chi connectivity index (χ3v) is 3.18. The first-order valence-electron chi connectivity index (χ1n) is 5.67. The third-order valence-electron chi connectivity index (χ3n) is 2.63. The number of anilines is 1. The molecular weight excluding hydrogens is 320 g/mol. The monoisotopic (exact) mass is 327 g/mol. The summed E-state index contributed by atoms with van der Waals surface area (Å²) in [5.74, 6) is -2.63. The number of hydrogen-bond donors (Lipinski definition) is 2. The molecule has 2 aromatic carbocycles. The maximum absolute atomic E-state index is 13.6. The Morgan fingerprint density at radius 1 is 1.05 bits per heavy atom. The Balaban J connectivity index is 2.23. The van der Waals surface area contributed by atoms with Gasteiger partial charge >= 0.3 is 5.97 Å². The van der Waals surface area contributed by atoms with E-state index in [2.05, 4.69) is 5.32 Å². The van der Waals surface area contributed by atoms with E-state index in [0.29, 0.717) is 0 Å². The van der Waals surface area contributed by atoms with Crippen LogP contribution in [0, 0.1) is 5.82 Å². The molecule has 108 valence electrons. The lowest BCUT2D eigenvalue weighted by Gasteiger charge is -2.08. The van der Waals surface area contributed by atoms with Gasteiger partial charge in [-0.15, -0.1) is 0 Å². The minimum Gasteiger partial charge on any atom is -0.478 e. The van der Waals surface area contributed by atoms with E-state index in [9.17, 15) is 14.0 Å². The van der Waals surface area contributed by atoms with Crippen LogP contribution in [0.3, 0.4) is 0 Å². The number of amides is 1. The summed E-state index contributed by atoms with van der Waals surface area (Å²) in [5.41, 5.74) is -0.0190. The molecule has 4 nitrogen and oxygen atoms in total. The first-order valence-corrected chi connectivity index (χ1v) is 6.43. The molecule has 0 atom stereocenters. The summed E-state index contributed by atoms with van der Waals surface area (Å²) in [4.78, 5) is 22.7. The maximum Gasteiger partial charge on any atom is 0.337 e. The minimum atomic E-state index is -1.18. The van der Waals surface area contributed by atoms with Crippen LogP contribution < -0.4 is 5.32 Å². The first-order chi connectivity index (χ1) is 9.88. The fourth-order valence-electron chi connectivity index (χ4n) is 1.64. The second kappa shape index (κ2) is 6.11. The van der Waals surface area contributed by atoms with Gasteiger partial charge in [-0.05, 0) is 36.4 Å². The van der Waals surface area contributed by atoms with Crippen LogP contribution in [0.2, 0.25) is 10.0 Å². The van der Waals surface area contributed by atoms with Crippen molar-refractivity contribution in [1.82, 2.24) is 0 Å². The zero-order valence-electron chi connectivity index (χ0n) is 10.4. The summed E-state index contributed by atoms with van der Waals surface area (Å²) in [5, 5.41) is 11.4. The SMILES string of the molecule is O=C(Nc1ccc(C(=O)O)c(Cl)c1)c1ccc(Cl)cc1F. The Kier molecular flexibility index (Phi) is 4.45. The molecule has 0 unspecified atom stereocenters. The van der Waals surface area contributed by atoms with E-state index in [1.54, 1.807) is 0 Å². The molecule has 2 rings (SSSR count). The van der Waals surface area contributed by atoms with Crippen molar-refractivity contribution in [2.24, 2.45) is 0 Å². The van der Waals surface area contributed by atoms with Crippen LogP contribution in [0.4, 0.5) is 10.1 Å². The van der Waals surface area contributed by atoms with Crippen molar-refractivity contribution in [2.75, 3.05) is 5.32 Å². The number of carbonyl (C=O) groups excluding carboxylic acids is 1. The molecule has 0 aromatic heterocycles. The molecule has 21 heavy (non-hydrogen) atoms. The van der Waals surface area contributed by atoms with E-state index in [0.717, 1.165) is 6.07 Å². The number of nitrogens with one attached hydrogen (secondary N) is 1. The number of carboxylic acid groups (broad SMARTS) is 1. The van der Waals surface area contributed by atoms with Crippen molar-refractivity contribution in [3.05, 3.63) is 63.4 Å². The Morgan fingerprint density at radius 2 is 1.71 bits per heavy atom. The van der Waals surface area contributed by atoms with Crippen LogP contribution in [0.1, 0.15) is 20.7 Å². The van der Waals surface area contributed by atoms with E-state index in [1.165, 1.54) is 30.3 Å². The molecule has 0 aliphatic carbocycles. The molecule has 0 aliphatic heterocycles. The van der Waals surface area contributed by atoms with Gasteiger partial charge in [-0.2, -0.15) is 0 Å². The van der Waals surface area contributed by atoms with Gasteiger partial charge < -0.3 is 10.4 Å². The lowest BCUT2D eigenvalue weighted by molar-refractivity contribution is 0.0697. The molecule has 2 aromatic rings. The minimum absolute atomic E-state index is 0.0307. The number of rotatable bonds is 3.